The second-order valence-corrected chi connectivity index (χ2v) is 6.79. The van der Waals surface area contributed by atoms with Gasteiger partial charge in [0.05, 0.1) is 20.7 Å². The summed E-state index contributed by atoms with van der Waals surface area (Å²) in [7, 11) is 0. The lowest BCUT2D eigenvalue weighted by Crippen LogP contribution is -1.80. The Kier molecular flexibility index (Phi) is 3.90. The van der Waals surface area contributed by atoms with Gasteiger partial charge in [-0.1, -0.05) is 22.9 Å². The van der Waals surface area contributed by atoms with E-state index in [-0.39, 0.29) is 5.00 Å². The topological polar surface area (TPSA) is 79.8 Å². The molecule has 0 atom stereocenters. The third kappa shape index (κ3) is 2.85. The normalized spacial score (nSPS) is 11.5. The molecule has 2 heterocycles. The summed E-state index contributed by atoms with van der Waals surface area (Å²) in [6, 6.07) is 10.5. The lowest BCUT2D eigenvalue weighted by Gasteiger charge is -1.90. The third-order valence-electron chi connectivity index (χ3n) is 2.78. The van der Waals surface area contributed by atoms with Crippen molar-refractivity contribution in [2.45, 2.75) is 0 Å². The van der Waals surface area contributed by atoms with Gasteiger partial charge >= 0.3 is 5.00 Å². The highest BCUT2D eigenvalue weighted by molar-refractivity contribution is 7.19. The maximum Gasteiger partial charge on any atom is 0.324 e. The fourth-order valence-electron chi connectivity index (χ4n) is 1.82. The van der Waals surface area contributed by atoms with Gasteiger partial charge in [0.15, 0.2) is 0 Å². The number of fused-ring (bicyclic) bond motifs is 1. The molecule has 5 nitrogen and oxygen atoms in total. The molecule has 108 valence electrons. The van der Waals surface area contributed by atoms with Crippen molar-refractivity contribution in [3.63, 3.8) is 0 Å². The summed E-state index contributed by atoms with van der Waals surface area (Å²) in [6.07, 6.45) is 1.61. The van der Waals surface area contributed by atoms with E-state index in [1.807, 2.05) is 6.07 Å². The van der Waals surface area contributed by atoms with Gasteiger partial charge in [0.2, 0.25) is 0 Å². The fourth-order valence-corrected chi connectivity index (χ4v) is 3.66. The van der Waals surface area contributed by atoms with Crippen molar-refractivity contribution in [2.75, 3.05) is 0 Å². The molecule has 0 saturated heterocycles. The standard InChI is InChI=1S/C14H6ClN3O2S2/c15-9-1-3-12-11(6-9)17-14(22-12)8(7-16)5-10-2-4-13(21-10)18(19)20/h1-6H/b8-5+. The minimum Gasteiger partial charge on any atom is -0.258 e. The minimum atomic E-state index is -0.451. The van der Waals surface area contributed by atoms with Gasteiger partial charge in [0.1, 0.15) is 11.1 Å². The molecule has 8 heteroatoms. The monoisotopic (exact) mass is 347 g/mol. The third-order valence-corrected chi connectivity index (χ3v) is 5.07. The van der Waals surface area contributed by atoms with Gasteiger partial charge in [-0.3, -0.25) is 10.1 Å². The second kappa shape index (κ2) is 5.85. The molecule has 0 aliphatic heterocycles. The lowest BCUT2D eigenvalue weighted by atomic mass is 10.2. The van der Waals surface area contributed by atoms with Crippen molar-refractivity contribution in [1.82, 2.24) is 4.98 Å². The molecule has 1 aromatic carbocycles. The van der Waals surface area contributed by atoms with Crippen molar-refractivity contribution in [1.29, 1.82) is 5.26 Å². The predicted molar refractivity (Wildman–Crippen MR) is 89.1 cm³/mol. The van der Waals surface area contributed by atoms with Crippen LogP contribution in [-0.2, 0) is 0 Å². The Morgan fingerprint density at radius 1 is 1.36 bits per heavy atom. The summed E-state index contributed by atoms with van der Waals surface area (Å²) in [5.74, 6) is 0. The average molecular weight is 348 g/mol. The zero-order chi connectivity index (χ0) is 15.7. The van der Waals surface area contributed by atoms with Gasteiger partial charge < -0.3 is 0 Å². The van der Waals surface area contributed by atoms with E-state index in [2.05, 4.69) is 11.1 Å². The van der Waals surface area contributed by atoms with Crippen LogP contribution in [-0.4, -0.2) is 9.91 Å². The Labute approximate surface area is 137 Å². The van der Waals surface area contributed by atoms with Crippen LogP contribution in [0.1, 0.15) is 9.88 Å². The van der Waals surface area contributed by atoms with Crippen molar-refractivity contribution in [2.24, 2.45) is 0 Å². The van der Waals surface area contributed by atoms with Gasteiger partial charge in [0.25, 0.3) is 0 Å². The van der Waals surface area contributed by atoms with Crippen LogP contribution in [0.5, 0.6) is 0 Å². The van der Waals surface area contributed by atoms with E-state index in [0.717, 1.165) is 21.6 Å². The first-order valence-corrected chi connectivity index (χ1v) is 8.00. The van der Waals surface area contributed by atoms with Crippen LogP contribution in [0.25, 0.3) is 21.9 Å². The Hall–Kier alpha value is -2.27. The zero-order valence-electron chi connectivity index (χ0n) is 10.8. The molecule has 0 unspecified atom stereocenters. The molecule has 22 heavy (non-hydrogen) atoms. The maximum absolute atomic E-state index is 10.7. The number of nitriles is 1. The number of halogens is 1. The van der Waals surface area contributed by atoms with Crippen LogP contribution in [0.2, 0.25) is 5.02 Å². The van der Waals surface area contributed by atoms with Crippen molar-refractivity contribution < 1.29 is 4.92 Å². The smallest absolute Gasteiger partial charge is 0.258 e. The molecule has 0 radical (unpaired) electrons. The van der Waals surface area contributed by atoms with Crippen LogP contribution < -0.4 is 0 Å². The molecule has 0 saturated carbocycles. The largest absolute Gasteiger partial charge is 0.324 e. The average Bonchev–Trinajstić information content (AvgIpc) is 3.10. The number of thiophene rings is 1. The number of nitro groups is 1. The molecule has 0 fully saturated rings. The number of hydrogen-bond donors (Lipinski definition) is 0. The maximum atomic E-state index is 10.7. The van der Waals surface area contributed by atoms with Gasteiger partial charge in [-0.05, 0) is 30.3 Å². The van der Waals surface area contributed by atoms with Crippen molar-refractivity contribution >= 4 is 61.1 Å². The van der Waals surface area contributed by atoms with E-state index >= 15 is 0 Å². The van der Waals surface area contributed by atoms with Crippen LogP contribution in [0.3, 0.4) is 0 Å². The molecule has 3 rings (SSSR count). The highest BCUT2D eigenvalue weighted by Gasteiger charge is 2.12. The van der Waals surface area contributed by atoms with E-state index in [0.29, 0.717) is 20.5 Å². The molecule has 0 amide bonds. The number of benzene rings is 1. The molecule has 0 aliphatic rings. The number of nitrogens with zero attached hydrogens (tertiary/aromatic N) is 3. The van der Waals surface area contributed by atoms with Crippen LogP contribution in [0.15, 0.2) is 30.3 Å². The van der Waals surface area contributed by atoms with Crippen LogP contribution in [0.4, 0.5) is 5.00 Å². The summed E-state index contributed by atoms with van der Waals surface area (Å²) >= 11 is 8.33. The molecule has 0 aliphatic carbocycles. The first kappa shape index (κ1) is 14.7. The summed E-state index contributed by atoms with van der Waals surface area (Å²) in [5.41, 5.74) is 1.10. The van der Waals surface area contributed by atoms with Crippen molar-refractivity contribution in [3.8, 4) is 6.07 Å². The molecular formula is C14H6ClN3O2S2. The predicted octanol–water partition coefficient (Wildman–Crippen LogP) is 4.98. The minimum absolute atomic E-state index is 0.0413. The first-order chi connectivity index (χ1) is 10.6. The summed E-state index contributed by atoms with van der Waals surface area (Å²) in [4.78, 5) is 15.3. The number of aromatic nitrogens is 1. The van der Waals surface area contributed by atoms with E-state index in [1.165, 1.54) is 17.4 Å². The number of hydrogen-bond acceptors (Lipinski definition) is 6. The highest BCUT2D eigenvalue weighted by Crippen LogP contribution is 2.32. The second-order valence-electron chi connectivity index (χ2n) is 4.23. The van der Waals surface area contributed by atoms with Gasteiger partial charge in [0, 0.05) is 16.0 Å². The number of rotatable bonds is 3. The number of thiazole rings is 1. The Bertz CT molecular complexity index is 953. The molecule has 3 aromatic rings. The van der Waals surface area contributed by atoms with Gasteiger partial charge in [-0.2, -0.15) is 5.26 Å². The quantitative estimate of drug-likeness (QED) is 0.380. The van der Waals surface area contributed by atoms with E-state index in [4.69, 9.17) is 11.6 Å². The van der Waals surface area contributed by atoms with E-state index < -0.39 is 4.92 Å². The van der Waals surface area contributed by atoms with E-state index in [9.17, 15) is 15.4 Å². The van der Waals surface area contributed by atoms with Gasteiger partial charge in [-0.25, -0.2) is 4.98 Å². The molecule has 0 spiro atoms. The Morgan fingerprint density at radius 2 is 2.18 bits per heavy atom. The van der Waals surface area contributed by atoms with Crippen LogP contribution in [0, 0.1) is 21.4 Å². The summed E-state index contributed by atoms with van der Waals surface area (Å²) in [6.45, 7) is 0. The SMILES string of the molecule is N#C/C(=C\c1ccc([N+](=O)[O-])s1)c1nc2cc(Cl)ccc2s1. The molecular weight excluding hydrogens is 342 g/mol. The lowest BCUT2D eigenvalue weighted by molar-refractivity contribution is -0.380. The fraction of sp³-hybridized carbons (Fsp3) is 0. The first-order valence-electron chi connectivity index (χ1n) is 5.99. The number of allylic oxidation sites excluding steroid dienone is 1. The zero-order valence-corrected chi connectivity index (χ0v) is 13.2. The molecule has 2 aromatic heterocycles. The highest BCUT2D eigenvalue weighted by atomic mass is 35.5. The molecule has 0 N–H and O–H groups in total. The van der Waals surface area contributed by atoms with Gasteiger partial charge in [-0.15, -0.1) is 11.3 Å². The van der Waals surface area contributed by atoms with E-state index in [1.54, 1.807) is 24.3 Å². The summed E-state index contributed by atoms with van der Waals surface area (Å²) < 4.78 is 0.928. The Morgan fingerprint density at radius 3 is 2.86 bits per heavy atom. The molecule has 0 bridgehead atoms. The van der Waals surface area contributed by atoms with Crippen LogP contribution >= 0.6 is 34.3 Å². The summed E-state index contributed by atoms with van der Waals surface area (Å²) in [5, 5.41) is 21.2. The van der Waals surface area contributed by atoms with Crippen molar-refractivity contribution in [3.05, 3.63) is 55.4 Å². The Balaban J connectivity index is 2.03.